The van der Waals surface area contributed by atoms with Crippen LogP contribution in [0.1, 0.15) is 31.7 Å². The molecule has 1 fully saturated rings. The maximum absolute atomic E-state index is 12.2. The Morgan fingerprint density at radius 2 is 1.95 bits per heavy atom. The van der Waals surface area contributed by atoms with Crippen LogP contribution in [0.2, 0.25) is 0 Å². The van der Waals surface area contributed by atoms with Gasteiger partial charge in [-0.1, -0.05) is 19.1 Å². The van der Waals surface area contributed by atoms with Gasteiger partial charge in [-0.05, 0) is 55.2 Å². The van der Waals surface area contributed by atoms with Crippen molar-refractivity contribution in [3.63, 3.8) is 0 Å². The standard InChI is InChI=1S/C15H23NO3S/c1-12(14-6-7-14)11-16-20(18,19)15-8-4-13(5-9-15)3-2-10-17/h4-5,8-9,12,14,16-17H,2-3,6-7,10-11H2,1H3. The van der Waals surface area contributed by atoms with E-state index in [4.69, 9.17) is 5.11 Å². The summed E-state index contributed by atoms with van der Waals surface area (Å²) in [5.74, 6) is 1.10. The van der Waals surface area contributed by atoms with Crippen molar-refractivity contribution in [3.8, 4) is 0 Å². The third-order valence-corrected chi connectivity index (χ3v) is 5.32. The van der Waals surface area contributed by atoms with Crippen molar-refractivity contribution < 1.29 is 13.5 Å². The highest BCUT2D eigenvalue weighted by Gasteiger charge is 2.28. The fourth-order valence-electron chi connectivity index (χ4n) is 2.27. The second-order valence-corrected chi connectivity index (χ2v) is 7.40. The molecule has 20 heavy (non-hydrogen) atoms. The smallest absolute Gasteiger partial charge is 0.240 e. The molecule has 0 saturated heterocycles. The Morgan fingerprint density at radius 1 is 1.30 bits per heavy atom. The number of aliphatic hydroxyl groups is 1. The monoisotopic (exact) mass is 297 g/mol. The van der Waals surface area contributed by atoms with Crippen molar-refractivity contribution in [1.29, 1.82) is 0 Å². The van der Waals surface area contributed by atoms with Crippen LogP contribution in [0, 0.1) is 11.8 Å². The molecule has 1 aromatic rings. The Bertz CT molecular complexity index is 521. The zero-order valence-electron chi connectivity index (χ0n) is 11.9. The molecule has 0 bridgehead atoms. The summed E-state index contributed by atoms with van der Waals surface area (Å²) in [6.45, 7) is 2.76. The van der Waals surface area contributed by atoms with Gasteiger partial charge in [0.05, 0.1) is 4.90 Å². The number of hydrogen-bond acceptors (Lipinski definition) is 3. The summed E-state index contributed by atoms with van der Waals surface area (Å²) in [6, 6.07) is 6.90. The van der Waals surface area contributed by atoms with E-state index in [1.54, 1.807) is 12.1 Å². The Balaban J connectivity index is 1.93. The number of benzene rings is 1. The molecule has 0 aliphatic heterocycles. The molecule has 1 aliphatic rings. The zero-order chi connectivity index (χ0) is 14.6. The first kappa shape index (κ1) is 15.5. The first-order chi connectivity index (χ1) is 9.53. The van der Waals surface area contributed by atoms with Gasteiger partial charge in [-0.3, -0.25) is 0 Å². The van der Waals surface area contributed by atoms with Gasteiger partial charge < -0.3 is 5.11 Å². The summed E-state index contributed by atoms with van der Waals surface area (Å²) in [4.78, 5) is 0.313. The molecule has 5 heteroatoms. The molecule has 1 saturated carbocycles. The maximum Gasteiger partial charge on any atom is 0.240 e. The molecular weight excluding hydrogens is 274 g/mol. The molecule has 4 nitrogen and oxygen atoms in total. The summed E-state index contributed by atoms with van der Waals surface area (Å²) in [5, 5.41) is 8.78. The predicted molar refractivity (Wildman–Crippen MR) is 78.9 cm³/mol. The van der Waals surface area contributed by atoms with Gasteiger partial charge in [-0.2, -0.15) is 0 Å². The average Bonchev–Trinajstić information content (AvgIpc) is 3.27. The van der Waals surface area contributed by atoms with E-state index in [9.17, 15) is 8.42 Å². The van der Waals surface area contributed by atoms with Crippen molar-refractivity contribution in [2.45, 2.75) is 37.5 Å². The molecule has 2 N–H and O–H groups in total. The van der Waals surface area contributed by atoms with Crippen molar-refractivity contribution >= 4 is 10.0 Å². The van der Waals surface area contributed by atoms with Crippen molar-refractivity contribution in [2.24, 2.45) is 11.8 Å². The Hall–Kier alpha value is -0.910. The van der Waals surface area contributed by atoms with Gasteiger partial charge in [0.15, 0.2) is 0 Å². The third-order valence-electron chi connectivity index (χ3n) is 3.88. The van der Waals surface area contributed by atoms with Crippen LogP contribution in [-0.4, -0.2) is 26.7 Å². The Labute approximate surface area is 121 Å². The number of hydrogen-bond donors (Lipinski definition) is 2. The SMILES string of the molecule is CC(CNS(=O)(=O)c1ccc(CCCO)cc1)C1CC1. The molecule has 0 aromatic heterocycles. The number of aliphatic hydroxyl groups excluding tert-OH is 1. The molecular formula is C15H23NO3S. The highest BCUT2D eigenvalue weighted by molar-refractivity contribution is 7.89. The molecule has 0 spiro atoms. The van der Waals surface area contributed by atoms with Crippen LogP contribution in [0.15, 0.2) is 29.2 Å². The van der Waals surface area contributed by atoms with Crippen LogP contribution in [-0.2, 0) is 16.4 Å². The minimum absolute atomic E-state index is 0.153. The average molecular weight is 297 g/mol. The lowest BCUT2D eigenvalue weighted by Gasteiger charge is -2.12. The molecule has 0 amide bonds. The van der Waals surface area contributed by atoms with Gasteiger partial charge >= 0.3 is 0 Å². The van der Waals surface area contributed by atoms with E-state index >= 15 is 0 Å². The van der Waals surface area contributed by atoms with Crippen molar-refractivity contribution in [2.75, 3.05) is 13.2 Å². The number of aryl methyl sites for hydroxylation is 1. The zero-order valence-corrected chi connectivity index (χ0v) is 12.7. The van der Waals surface area contributed by atoms with Crippen LogP contribution < -0.4 is 4.72 Å². The lowest BCUT2D eigenvalue weighted by Crippen LogP contribution is -2.29. The minimum atomic E-state index is -3.40. The number of nitrogens with one attached hydrogen (secondary N) is 1. The molecule has 1 unspecified atom stereocenters. The topological polar surface area (TPSA) is 66.4 Å². The normalized spacial score (nSPS) is 17.1. The molecule has 1 aliphatic carbocycles. The van der Waals surface area contributed by atoms with Crippen LogP contribution in [0.5, 0.6) is 0 Å². The van der Waals surface area contributed by atoms with E-state index in [1.807, 2.05) is 12.1 Å². The Morgan fingerprint density at radius 3 is 2.50 bits per heavy atom. The summed E-state index contributed by atoms with van der Waals surface area (Å²) in [5.41, 5.74) is 1.05. The van der Waals surface area contributed by atoms with E-state index in [1.165, 1.54) is 12.8 Å². The van der Waals surface area contributed by atoms with Gasteiger partial charge in [0.25, 0.3) is 0 Å². The maximum atomic E-state index is 12.2. The van der Waals surface area contributed by atoms with Gasteiger partial charge in [0, 0.05) is 13.2 Å². The minimum Gasteiger partial charge on any atom is -0.396 e. The highest BCUT2D eigenvalue weighted by Crippen LogP contribution is 2.36. The van der Waals surface area contributed by atoms with E-state index in [0.29, 0.717) is 29.7 Å². The van der Waals surface area contributed by atoms with Gasteiger partial charge in [0.1, 0.15) is 0 Å². The molecule has 1 aromatic carbocycles. The highest BCUT2D eigenvalue weighted by atomic mass is 32.2. The van der Waals surface area contributed by atoms with Crippen LogP contribution >= 0.6 is 0 Å². The number of rotatable bonds is 8. The van der Waals surface area contributed by atoms with Crippen LogP contribution in [0.3, 0.4) is 0 Å². The molecule has 0 radical (unpaired) electrons. The molecule has 0 heterocycles. The summed E-state index contributed by atoms with van der Waals surface area (Å²) >= 11 is 0. The fourth-order valence-corrected chi connectivity index (χ4v) is 3.42. The van der Waals surface area contributed by atoms with E-state index in [2.05, 4.69) is 11.6 Å². The van der Waals surface area contributed by atoms with E-state index < -0.39 is 10.0 Å². The van der Waals surface area contributed by atoms with Crippen LogP contribution in [0.25, 0.3) is 0 Å². The summed E-state index contributed by atoms with van der Waals surface area (Å²) in [7, 11) is -3.40. The molecule has 112 valence electrons. The van der Waals surface area contributed by atoms with Gasteiger partial charge in [-0.25, -0.2) is 13.1 Å². The quantitative estimate of drug-likeness (QED) is 0.770. The van der Waals surface area contributed by atoms with Crippen molar-refractivity contribution in [3.05, 3.63) is 29.8 Å². The molecule has 1 atom stereocenters. The first-order valence-electron chi connectivity index (χ1n) is 7.22. The summed E-state index contributed by atoms with van der Waals surface area (Å²) < 4.78 is 27.0. The Kier molecular flexibility index (Phi) is 5.18. The summed E-state index contributed by atoms with van der Waals surface area (Å²) in [6.07, 6.45) is 3.91. The largest absolute Gasteiger partial charge is 0.396 e. The van der Waals surface area contributed by atoms with Crippen LogP contribution in [0.4, 0.5) is 0 Å². The second-order valence-electron chi connectivity index (χ2n) is 5.64. The second kappa shape index (κ2) is 6.70. The predicted octanol–water partition coefficient (Wildman–Crippen LogP) is 1.94. The van der Waals surface area contributed by atoms with E-state index in [0.717, 1.165) is 12.0 Å². The van der Waals surface area contributed by atoms with Gasteiger partial charge in [0.2, 0.25) is 10.0 Å². The van der Waals surface area contributed by atoms with Crippen molar-refractivity contribution in [1.82, 2.24) is 4.72 Å². The van der Waals surface area contributed by atoms with E-state index in [-0.39, 0.29) is 6.61 Å². The lowest BCUT2D eigenvalue weighted by molar-refractivity contribution is 0.288. The van der Waals surface area contributed by atoms with Gasteiger partial charge in [-0.15, -0.1) is 0 Å². The third kappa shape index (κ3) is 4.30. The molecule has 2 rings (SSSR count). The first-order valence-corrected chi connectivity index (χ1v) is 8.70. The fraction of sp³-hybridized carbons (Fsp3) is 0.600. The lowest BCUT2D eigenvalue weighted by atomic mass is 10.1. The number of sulfonamides is 1.